The zero-order valence-corrected chi connectivity index (χ0v) is 43.9. The molecule has 0 atom stereocenters. The van der Waals surface area contributed by atoms with Crippen molar-refractivity contribution in [1.29, 1.82) is 0 Å². The van der Waals surface area contributed by atoms with Crippen LogP contribution in [0.3, 0.4) is 0 Å². The van der Waals surface area contributed by atoms with Crippen LogP contribution in [0.4, 0.5) is 0 Å². The van der Waals surface area contributed by atoms with Gasteiger partial charge in [-0.25, -0.2) is 0 Å². The van der Waals surface area contributed by atoms with Crippen LogP contribution in [-0.2, 0) is 26.5 Å². The van der Waals surface area contributed by atoms with Gasteiger partial charge in [0.2, 0.25) is 0 Å². The molecule has 0 aliphatic rings. The molecule has 4 heterocycles. The summed E-state index contributed by atoms with van der Waals surface area (Å²) in [6, 6.07) is 52.0. The second kappa shape index (κ2) is 19.6. The summed E-state index contributed by atoms with van der Waals surface area (Å²) in [5.41, 5.74) is 16.6. The summed E-state index contributed by atoms with van der Waals surface area (Å²) in [4.78, 5) is 9.96. The van der Waals surface area contributed by atoms with Crippen LogP contribution in [0.5, 0.6) is 0 Å². The first-order valence-electron chi connectivity index (χ1n) is 22.9. The summed E-state index contributed by atoms with van der Waals surface area (Å²) in [6.07, 6.45) is 8.27. The third kappa shape index (κ3) is 9.56. The molecule has 0 saturated carbocycles. The Balaban J connectivity index is 0.000000238. The van der Waals surface area contributed by atoms with E-state index < -0.39 is 13.3 Å². The first-order chi connectivity index (χ1) is 31.3. The number of rotatable bonds is 10. The van der Waals surface area contributed by atoms with Crippen molar-refractivity contribution in [1.82, 2.24) is 14.5 Å². The maximum atomic E-state index is 6.08. The third-order valence-electron chi connectivity index (χ3n) is 12.2. The van der Waals surface area contributed by atoms with Crippen LogP contribution in [-0.4, -0.2) is 27.8 Å². The van der Waals surface area contributed by atoms with Crippen molar-refractivity contribution < 1.29 is 28.9 Å². The van der Waals surface area contributed by atoms with E-state index in [9.17, 15) is 0 Å². The molecule has 0 N–H and O–H groups in total. The maximum absolute atomic E-state index is 6.08. The number of hydrogen-bond donors (Lipinski definition) is 0. The summed E-state index contributed by atoms with van der Waals surface area (Å²) in [7, 11) is 0. The van der Waals surface area contributed by atoms with Gasteiger partial charge in [-0.1, -0.05) is 105 Å². The molecule has 7 heteroatoms. The molecule has 0 spiro atoms. The van der Waals surface area contributed by atoms with Gasteiger partial charge in [0.25, 0.3) is 0 Å². The minimum absolute atomic E-state index is 0. The molecule has 4 aromatic heterocycles. The van der Waals surface area contributed by atoms with E-state index in [1.165, 1.54) is 33.5 Å². The number of para-hydroxylation sites is 2. The standard InChI is InChI=1S/C41H33N2O2.C18H24GeN.Ir/c1-25(2)32-22-31(27-10-6-5-7-11-27)23-33(26(3)4)40(32)43-37-13-9-8-12-36(37)42-41(43)35-24-45-39-17-15-29(21-34(35)39)28-14-16-38-30(20-28)18-19-44-38;1-14(2)11-16-12-18(15-9-7-6-8-10-15)20-13-17(16)19(3,4)5;/h5-23,25-26H,1-4H3;6-9,12-14H,11H2,1-5H3;/q2*-1;. The Bertz CT molecular complexity index is 3230. The minimum Gasteiger partial charge on any atom is -0.557 e. The molecule has 0 bridgehead atoms. The summed E-state index contributed by atoms with van der Waals surface area (Å²) in [6.45, 7) is 13.7. The van der Waals surface area contributed by atoms with Crippen LogP contribution in [0.1, 0.15) is 70.1 Å². The average Bonchev–Trinajstić information content (AvgIpc) is 4.05. The van der Waals surface area contributed by atoms with E-state index in [1.54, 1.807) is 10.7 Å². The summed E-state index contributed by atoms with van der Waals surface area (Å²) in [5, 5.41) is 2.06. The second-order valence-corrected chi connectivity index (χ2v) is 29.8. The van der Waals surface area contributed by atoms with E-state index in [4.69, 9.17) is 18.8 Å². The monoisotopic (exact) mass is 1110 g/mol. The van der Waals surface area contributed by atoms with Gasteiger partial charge < -0.3 is 13.4 Å². The Morgan fingerprint density at radius 2 is 1.35 bits per heavy atom. The van der Waals surface area contributed by atoms with Crippen LogP contribution in [0.2, 0.25) is 17.3 Å². The van der Waals surface area contributed by atoms with Crippen molar-refractivity contribution in [3.8, 4) is 50.6 Å². The molecule has 1 radical (unpaired) electrons. The van der Waals surface area contributed by atoms with Gasteiger partial charge in [-0.3, -0.25) is 4.98 Å². The Labute approximate surface area is 406 Å². The maximum Gasteiger partial charge on any atom is 0.133 e. The van der Waals surface area contributed by atoms with Crippen LogP contribution in [0.15, 0.2) is 161 Å². The Morgan fingerprint density at radius 3 is 2.03 bits per heavy atom. The van der Waals surface area contributed by atoms with Crippen molar-refractivity contribution in [2.75, 3.05) is 0 Å². The number of hydrogen-bond acceptors (Lipinski definition) is 4. The fourth-order valence-corrected chi connectivity index (χ4v) is 12.3. The number of benzene rings is 6. The molecule has 0 fully saturated rings. The predicted octanol–water partition coefficient (Wildman–Crippen LogP) is 15.9. The molecule has 10 rings (SSSR count). The molecule has 0 aliphatic heterocycles. The minimum atomic E-state index is -1.86. The normalized spacial score (nSPS) is 11.8. The summed E-state index contributed by atoms with van der Waals surface area (Å²) in [5.74, 6) is 9.39. The number of aromatic nitrogens is 3. The molecule has 0 unspecified atom stereocenters. The van der Waals surface area contributed by atoms with E-state index in [2.05, 4.69) is 185 Å². The topological polar surface area (TPSA) is 57.0 Å². The summed E-state index contributed by atoms with van der Waals surface area (Å²) < 4.78 is 15.5. The Hall–Kier alpha value is -5.79. The Morgan fingerprint density at radius 1 is 0.667 bits per heavy atom. The molecule has 5 nitrogen and oxygen atoms in total. The van der Waals surface area contributed by atoms with Crippen molar-refractivity contribution in [3.63, 3.8) is 0 Å². The van der Waals surface area contributed by atoms with Crippen molar-refractivity contribution in [3.05, 3.63) is 181 Å². The first kappa shape index (κ1) is 46.7. The molecule has 6 aromatic carbocycles. The Kier molecular flexibility index (Phi) is 13.9. The van der Waals surface area contributed by atoms with E-state index >= 15 is 0 Å². The zero-order chi connectivity index (χ0) is 45.4. The van der Waals surface area contributed by atoms with Gasteiger partial charge in [-0.05, 0) is 87.7 Å². The van der Waals surface area contributed by atoms with Gasteiger partial charge >= 0.3 is 126 Å². The zero-order valence-electron chi connectivity index (χ0n) is 39.4. The predicted molar refractivity (Wildman–Crippen MR) is 274 cm³/mol. The summed E-state index contributed by atoms with van der Waals surface area (Å²) >= 11 is -1.86. The number of furan rings is 2. The number of imidazole rings is 1. The molecule has 66 heavy (non-hydrogen) atoms. The number of nitrogens with zero attached hydrogens (tertiary/aromatic N) is 3. The molecule has 0 saturated heterocycles. The second-order valence-electron chi connectivity index (χ2n) is 19.3. The van der Waals surface area contributed by atoms with Gasteiger partial charge in [0.05, 0.1) is 23.1 Å². The van der Waals surface area contributed by atoms with Crippen LogP contribution in [0.25, 0.3) is 83.6 Å². The molecule has 0 amide bonds. The van der Waals surface area contributed by atoms with E-state index in [1.807, 2.05) is 36.4 Å². The van der Waals surface area contributed by atoms with E-state index in [0.717, 1.165) is 73.2 Å². The van der Waals surface area contributed by atoms with Gasteiger partial charge in [0.15, 0.2) is 0 Å². The molecule has 0 aliphatic carbocycles. The fraction of sp³-hybridized carbons (Fsp3) is 0.220. The first-order valence-corrected chi connectivity index (χ1v) is 30.3. The van der Waals surface area contributed by atoms with E-state index in [-0.39, 0.29) is 31.9 Å². The fourth-order valence-electron chi connectivity index (χ4n) is 8.98. The van der Waals surface area contributed by atoms with Gasteiger partial charge in [-0.15, -0.1) is 0 Å². The molecular formula is C59H57GeIrN3O2-2. The van der Waals surface area contributed by atoms with Crippen molar-refractivity contribution >= 4 is 50.6 Å². The third-order valence-corrected chi connectivity index (χ3v) is 16.6. The van der Waals surface area contributed by atoms with Crippen molar-refractivity contribution in [2.45, 2.75) is 77.1 Å². The smallest absolute Gasteiger partial charge is 0.133 e. The van der Waals surface area contributed by atoms with Gasteiger partial charge in [-0.2, -0.15) is 0 Å². The van der Waals surface area contributed by atoms with E-state index in [0.29, 0.717) is 5.92 Å². The number of fused-ring (bicyclic) bond motifs is 3. The van der Waals surface area contributed by atoms with Crippen LogP contribution in [0, 0.1) is 18.2 Å². The average molecular weight is 1100 g/mol. The molecule has 335 valence electrons. The van der Waals surface area contributed by atoms with Crippen molar-refractivity contribution in [2.24, 2.45) is 5.92 Å². The largest absolute Gasteiger partial charge is 0.557 e. The molecular weight excluding hydrogens is 1050 g/mol. The van der Waals surface area contributed by atoms with Crippen LogP contribution < -0.4 is 4.40 Å². The van der Waals surface area contributed by atoms with Gasteiger partial charge in [0.1, 0.15) is 5.58 Å². The van der Waals surface area contributed by atoms with Gasteiger partial charge in [0, 0.05) is 43.0 Å². The molecule has 10 aromatic rings. The quantitative estimate of drug-likeness (QED) is 0.101. The SMILES string of the molecule is CC(C)Cc1cc(-c2[c-]cccc2)nc[c]1[Ge]([CH3])([CH3])[CH3].CC(C)c1cc(-c2ccccc2)cc(C(C)C)c1-n1c(-c2[c-]oc3ccc(-c4ccc5occc5c4)cc23)nc2ccccc21.[Ir]. The number of pyridine rings is 1. The van der Waals surface area contributed by atoms with Crippen LogP contribution >= 0.6 is 0 Å².